The Bertz CT molecular complexity index is 356. The number of hydrogen-bond acceptors (Lipinski definition) is 1. The van der Waals surface area contributed by atoms with Gasteiger partial charge in [0.2, 0.25) is 0 Å². The Morgan fingerprint density at radius 1 is 1.19 bits per heavy atom. The Kier molecular flexibility index (Phi) is 2.97. The first-order valence-corrected chi connectivity index (χ1v) is 9.22. The van der Waals surface area contributed by atoms with Crippen molar-refractivity contribution in [2.75, 3.05) is 6.61 Å². The maximum absolute atomic E-state index is 5.90. The number of benzene rings is 1. The minimum Gasteiger partial charge on any atom is -0.376 e. The normalized spacial score (nSPS) is 24.6. The fourth-order valence-electron chi connectivity index (χ4n) is 3.19. The molecule has 0 radical (unpaired) electrons. The van der Waals surface area contributed by atoms with Crippen molar-refractivity contribution in [3.8, 4) is 0 Å². The van der Waals surface area contributed by atoms with Crippen LogP contribution in [-0.4, -0.2) is 20.3 Å². The molecular formula is C14H22OSi. The topological polar surface area (TPSA) is 9.23 Å². The molecule has 0 saturated carbocycles. The molecule has 2 rings (SSSR count). The molecule has 1 aliphatic rings. The van der Waals surface area contributed by atoms with Crippen LogP contribution in [0.4, 0.5) is 0 Å². The van der Waals surface area contributed by atoms with E-state index in [1.54, 1.807) is 5.19 Å². The molecule has 0 amide bonds. The molecule has 88 valence electrons. The summed E-state index contributed by atoms with van der Waals surface area (Å²) >= 11 is 0. The summed E-state index contributed by atoms with van der Waals surface area (Å²) in [7, 11) is -1.41. The van der Waals surface area contributed by atoms with Crippen LogP contribution in [0.3, 0.4) is 0 Å². The predicted octanol–water partition coefficient (Wildman–Crippen LogP) is 3.17. The Morgan fingerprint density at radius 3 is 2.31 bits per heavy atom. The van der Waals surface area contributed by atoms with E-state index in [-0.39, 0.29) is 5.60 Å². The van der Waals surface area contributed by atoms with Crippen LogP contribution in [0.2, 0.25) is 18.6 Å². The Balaban J connectivity index is 2.32. The fourth-order valence-corrected chi connectivity index (χ4v) is 7.30. The van der Waals surface area contributed by atoms with Crippen molar-refractivity contribution in [1.29, 1.82) is 0 Å². The first-order valence-electron chi connectivity index (χ1n) is 6.14. The van der Waals surface area contributed by atoms with Crippen molar-refractivity contribution >= 4 is 13.3 Å². The third-order valence-electron chi connectivity index (χ3n) is 4.11. The Morgan fingerprint density at radius 2 is 1.81 bits per heavy atom. The minimum atomic E-state index is -1.41. The highest BCUT2D eigenvalue weighted by Crippen LogP contribution is 2.43. The summed E-state index contributed by atoms with van der Waals surface area (Å²) in [5.41, 5.74) is 0.786. The second-order valence-corrected chi connectivity index (χ2v) is 10.6. The zero-order valence-electron chi connectivity index (χ0n) is 10.8. The quantitative estimate of drug-likeness (QED) is 0.714. The lowest BCUT2D eigenvalue weighted by atomic mass is 10.1. The van der Waals surface area contributed by atoms with Crippen molar-refractivity contribution in [2.45, 2.75) is 44.5 Å². The highest BCUT2D eigenvalue weighted by Gasteiger charge is 2.46. The molecule has 16 heavy (non-hydrogen) atoms. The van der Waals surface area contributed by atoms with Crippen molar-refractivity contribution in [3.05, 3.63) is 30.3 Å². The predicted molar refractivity (Wildman–Crippen MR) is 72.0 cm³/mol. The van der Waals surface area contributed by atoms with E-state index in [0.717, 1.165) is 12.1 Å². The van der Waals surface area contributed by atoms with Crippen LogP contribution < -0.4 is 5.19 Å². The minimum absolute atomic E-state index is 0.0611. The van der Waals surface area contributed by atoms with Gasteiger partial charge in [-0.15, -0.1) is 0 Å². The van der Waals surface area contributed by atoms with E-state index in [0.29, 0.717) is 0 Å². The van der Waals surface area contributed by atoms with Gasteiger partial charge in [-0.25, -0.2) is 0 Å². The average Bonchev–Trinajstić information content (AvgIpc) is 2.60. The molecule has 1 aromatic rings. The van der Waals surface area contributed by atoms with Crippen LogP contribution in [0.1, 0.15) is 20.3 Å². The molecule has 0 bridgehead atoms. The van der Waals surface area contributed by atoms with Crippen molar-refractivity contribution < 1.29 is 4.74 Å². The van der Waals surface area contributed by atoms with Gasteiger partial charge >= 0.3 is 0 Å². The monoisotopic (exact) mass is 234 g/mol. The number of rotatable bonds is 2. The van der Waals surface area contributed by atoms with Gasteiger partial charge in [0.15, 0.2) is 0 Å². The summed E-state index contributed by atoms with van der Waals surface area (Å²) in [6.45, 7) is 10.4. The molecule has 0 aliphatic carbocycles. The smallest absolute Gasteiger partial charge is 0.0865 e. The van der Waals surface area contributed by atoms with E-state index in [1.165, 1.54) is 6.42 Å². The van der Waals surface area contributed by atoms with Crippen LogP contribution in [0.5, 0.6) is 0 Å². The lowest BCUT2D eigenvalue weighted by Gasteiger charge is -2.37. The van der Waals surface area contributed by atoms with Crippen molar-refractivity contribution in [2.24, 2.45) is 0 Å². The summed E-state index contributed by atoms with van der Waals surface area (Å²) < 4.78 is 5.90. The lowest BCUT2D eigenvalue weighted by molar-refractivity contribution is 0.0359. The van der Waals surface area contributed by atoms with Gasteiger partial charge in [0.05, 0.1) is 13.7 Å². The summed E-state index contributed by atoms with van der Waals surface area (Å²) in [5, 5.41) is 1.55. The zero-order valence-corrected chi connectivity index (χ0v) is 11.8. The molecule has 1 aromatic carbocycles. The van der Waals surface area contributed by atoms with Gasteiger partial charge < -0.3 is 4.74 Å². The van der Waals surface area contributed by atoms with Gasteiger partial charge in [0.25, 0.3) is 0 Å². The molecule has 1 atom stereocenters. The highest BCUT2D eigenvalue weighted by molar-refractivity contribution is 6.91. The van der Waals surface area contributed by atoms with Gasteiger partial charge in [-0.3, -0.25) is 0 Å². The highest BCUT2D eigenvalue weighted by atomic mass is 28.3. The van der Waals surface area contributed by atoms with E-state index >= 15 is 0 Å². The zero-order chi connectivity index (χ0) is 11.8. The maximum atomic E-state index is 5.90. The number of ether oxygens (including phenoxy) is 1. The van der Waals surface area contributed by atoms with E-state index in [4.69, 9.17) is 4.74 Å². The first-order chi connectivity index (χ1) is 7.44. The van der Waals surface area contributed by atoms with Crippen molar-refractivity contribution in [1.82, 2.24) is 0 Å². The summed E-state index contributed by atoms with van der Waals surface area (Å²) in [5.74, 6) is 0. The molecule has 0 aromatic heterocycles. The van der Waals surface area contributed by atoms with E-state index in [9.17, 15) is 0 Å². The molecule has 1 nitrogen and oxygen atoms in total. The first kappa shape index (κ1) is 11.9. The fraction of sp³-hybridized carbons (Fsp3) is 0.571. The largest absolute Gasteiger partial charge is 0.376 e. The van der Waals surface area contributed by atoms with Crippen molar-refractivity contribution in [3.63, 3.8) is 0 Å². The molecule has 1 heterocycles. The van der Waals surface area contributed by atoms with Gasteiger partial charge in [0.1, 0.15) is 0 Å². The third-order valence-corrected chi connectivity index (χ3v) is 8.66. The van der Waals surface area contributed by atoms with E-state index in [1.807, 2.05) is 0 Å². The molecule has 0 N–H and O–H groups in total. The second kappa shape index (κ2) is 4.01. The van der Waals surface area contributed by atoms with Gasteiger partial charge in [0, 0.05) is 6.61 Å². The molecule has 0 spiro atoms. The standard InChI is InChI=1S/C14H22OSi/c1-14(2)13(10-11-15-14)16(3,4)12-8-6-5-7-9-12/h5-9,13H,10-11H2,1-4H3/t13-/m1/s1. The van der Waals surface area contributed by atoms with Crippen LogP contribution in [0.25, 0.3) is 0 Å². The molecule has 1 saturated heterocycles. The third kappa shape index (κ3) is 1.96. The second-order valence-electron chi connectivity index (χ2n) is 5.88. The van der Waals surface area contributed by atoms with Gasteiger partial charge in [-0.2, -0.15) is 0 Å². The van der Waals surface area contributed by atoms with Crippen LogP contribution in [0.15, 0.2) is 30.3 Å². The Labute approximate surface area is 99.8 Å². The average molecular weight is 234 g/mol. The molecular weight excluding hydrogens is 212 g/mol. The van der Waals surface area contributed by atoms with Crippen LogP contribution in [-0.2, 0) is 4.74 Å². The maximum Gasteiger partial charge on any atom is 0.0865 e. The summed E-state index contributed by atoms with van der Waals surface area (Å²) in [6, 6.07) is 11.0. The van der Waals surface area contributed by atoms with Gasteiger partial charge in [-0.05, 0) is 25.8 Å². The van der Waals surface area contributed by atoms with E-state index in [2.05, 4.69) is 57.3 Å². The molecule has 1 fully saturated rings. The molecule has 2 heteroatoms. The molecule has 1 aliphatic heterocycles. The van der Waals surface area contributed by atoms with Gasteiger partial charge in [-0.1, -0.05) is 48.6 Å². The molecule has 0 unspecified atom stereocenters. The van der Waals surface area contributed by atoms with Crippen LogP contribution >= 0.6 is 0 Å². The Hall–Kier alpha value is -0.603. The van der Waals surface area contributed by atoms with E-state index < -0.39 is 8.07 Å². The van der Waals surface area contributed by atoms with Crippen LogP contribution in [0, 0.1) is 0 Å². The summed E-state index contributed by atoms with van der Waals surface area (Å²) in [6.07, 6.45) is 1.22. The summed E-state index contributed by atoms with van der Waals surface area (Å²) in [4.78, 5) is 0. The number of hydrogen-bond donors (Lipinski definition) is 0. The lowest BCUT2D eigenvalue weighted by Crippen LogP contribution is -2.51. The SMILES string of the molecule is CC1(C)OCC[C@H]1[Si](C)(C)c1ccccc1.